The summed E-state index contributed by atoms with van der Waals surface area (Å²) in [6.45, 7) is 10.6. The number of thioether (sulfide) groups is 1. The summed E-state index contributed by atoms with van der Waals surface area (Å²) in [4.78, 5) is 36.2. The molecule has 3 aromatic carbocycles. The van der Waals surface area contributed by atoms with E-state index in [1.54, 1.807) is 9.80 Å². The van der Waals surface area contributed by atoms with E-state index in [1.165, 1.54) is 17.3 Å². The predicted octanol–water partition coefficient (Wildman–Crippen LogP) is 7.23. The zero-order chi connectivity index (χ0) is 25.7. The van der Waals surface area contributed by atoms with E-state index < -0.39 is 0 Å². The van der Waals surface area contributed by atoms with E-state index in [0.717, 1.165) is 43.8 Å². The maximum atomic E-state index is 14.0. The quantitative estimate of drug-likeness (QED) is 0.318. The third-order valence-electron chi connectivity index (χ3n) is 6.77. The summed E-state index contributed by atoms with van der Waals surface area (Å²) in [7, 11) is 0. The molecular formula is C29H26BrN3O2S. The lowest BCUT2D eigenvalue weighted by Gasteiger charge is -2.17. The lowest BCUT2D eigenvalue weighted by atomic mass is 10.1. The van der Waals surface area contributed by atoms with Gasteiger partial charge in [-0.1, -0.05) is 28.1 Å². The number of hydrogen-bond donors (Lipinski definition) is 0. The minimum Gasteiger partial charge on any atom is -0.308 e. The predicted molar refractivity (Wildman–Crippen MR) is 153 cm³/mol. The molecule has 1 fully saturated rings. The highest BCUT2D eigenvalue weighted by Crippen LogP contribution is 2.46. The zero-order valence-corrected chi connectivity index (χ0v) is 23.3. The number of likely N-dealkylation sites (N-methyl/N-ethyl adjacent to an activating group) is 1. The lowest BCUT2D eigenvalue weighted by Crippen LogP contribution is -2.30. The van der Waals surface area contributed by atoms with E-state index in [2.05, 4.69) is 22.9 Å². The van der Waals surface area contributed by atoms with Crippen LogP contribution in [0.3, 0.4) is 0 Å². The van der Waals surface area contributed by atoms with E-state index >= 15 is 0 Å². The molecule has 0 bridgehead atoms. The fourth-order valence-corrected chi connectivity index (χ4v) is 5.89. The summed E-state index contributed by atoms with van der Waals surface area (Å²) >= 11 is 4.79. The van der Waals surface area contributed by atoms with Gasteiger partial charge in [0.25, 0.3) is 11.8 Å². The zero-order valence-electron chi connectivity index (χ0n) is 20.8. The number of anilines is 2. The molecule has 2 aliphatic heterocycles. The van der Waals surface area contributed by atoms with Crippen LogP contribution in [0.2, 0.25) is 0 Å². The molecule has 0 unspecified atom stereocenters. The van der Waals surface area contributed by atoms with E-state index in [0.29, 0.717) is 22.2 Å². The number of aryl methyl sites for hydroxylation is 4. The largest absolute Gasteiger partial charge is 0.308 e. The molecule has 0 aromatic heterocycles. The minimum absolute atomic E-state index is 0.158. The fourth-order valence-electron chi connectivity index (χ4n) is 4.43. The molecule has 1 saturated heterocycles. The van der Waals surface area contributed by atoms with Crippen molar-refractivity contribution in [1.29, 1.82) is 0 Å². The summed E-state index contributed by atoms with van der Waals surface area (Å²) in [5, 5.41) is 0.535. The number of nitrogens with zero attached hydrogens (tertiary/aromatic N) is 3. The molecule has 5 nitrogen and oxygen atoms in total. The molecule has 0 N–H and O–H groups in total. The van der Waals surface area contributed by atoms with Gasteiger partial charge in [0.05, 0.1) is 27.5 Å². The van der Waals surface area contributed by atoms with E-state index in [4.69, 9.17) is 4.99 Å². The van der Waals surface area contributed by atoms with Crippen molar-refractivity contribution < 1.29 is 9.59 Å². The van der Waals surface area contributed by atoms with Crippen molar-refractivity contribution in [2.24, 2.45) is 4.99 Å². The van der Waals surface area contributed by atoms with Gasteiger partial charge in [-0.05, 0) is 111 Å². The molecule has 7 heteroatoms. The van der Waals surface area contributed by atoms with Gasteiger partial charge in [-0.25, -0.2) is 4.99 Å². The highest BCUT2D eigenvalue weighted by atomic mass is 79.9. The van der Waals surface area contributed by atoms with Crippen molar-refractivity contribution in [2.45, 2.75) is 34.6 Å². The fraction of sp³-hybridized carbons (Fsp3) is 0.207. The van der Waals surface area contributed by atoms with Gasteiger partial charge in [0, 0.05) is 16.6 Å². The average Bonchev–Trinajstić information content (AvgIpc) is 3.29. The molecule has 2 aliphatic rings. The second kappa shape index (κ2) is 9.37. The van der Waals surface area contributed by atoms with Gasteiger partial charge in [0.1, 0.15) is 0 Å². The third-order valence-corrected chi connectivity index (χ3v) is 8.30. The SMILES string of the molecule is CCN1C(=O)/C(=C2\SC(=Nc3ccc(C)c(C)c3)N(c3ccc(C)c(C)c3)C2=O)c2cc(Br)ccc21. The summed E-state index contributed by atoms with van der Waals surface area (Å²) in [6.07, 6.45) is 0. The Bertz CT molecular complexity index is 1510. The number of hydrogen-bond acceptors (Lipinski definition) is 4. The standard InChI is InChI=1S/C29H26BrN3O2S/c1-6-32-24-12-9-20(30)15-23(24)25(27(32)34)26-28(35)33(22-11-8-17(3)19(5)14-22)29(36-26)31-21-10-7-16(2)18(4)13-21/h7-15H,6H2,1-5H3/b26-25-,31-29?. The smallest absolute Gasteiger partial charge is 0.272 e. The van der Waals surface area contributed by atoms with E-state index in [1.807, 2.05) is 82.3 Å². The van der Waals surface area contributed by atoms with Crippen LogP contribution in [0.1, 0.15) is 34.7 Å². The van der Waals surface area contributed by atoms with Crippen LogP contribution in [-0.2, 0) is 9.59 Å². The molecule has 0 radical (unpaired) electrons. The Balaban J connectivity index is 1.72. The van der Waals surface area contributed by atoms with Crippen LogP contribution in [-0.4, -0.2) is 23.5 Å². The molecule has 0 saturated carbocycles. The molecule has 2 amide bonds. The maximum absolute atomic E-state index is 14.0. The Kier molecular flexibility index (Phi) is 6.39. The van der Waals surface area contributed by atoms with Crippen LogP contribution in [0.25, 0.3) is 5.57 Å². The number of rotatable bonds is 3. The number of amidine groups is 1. The first-order valence-corrected chi connectivity index (χ1v) is 13.4. The van der Waals surface area contributed by atoms with Crippen molar-refractivity contribution in [1.82, 2.24) is 0 Å². The highest BCUT2D eigenvalue weighted by molar-refractivity contribution is 9.10. The number of halogens is 1. The lowest BCUT2D eigenvalue weighted by molar-refractivity contribution is -0.115. The van der Waals surface area contributed by atoms with Crippen molar-refractivity contribution in [2.75, 3.05) is 16.3 Å². The Hall–Kier alpha value is -3.16. The second-order valence-corrected chi connectivity index (χ2v) is 11.0. The third kappa shape index (κ3) is 4.10. The Morgan fingerprint density at radius 2 is 1.53 bits per heavy atom. The van der Waals surface area contributed by atoms with E-state index in [9.17, 15) is 9.59 Å². The van der Waals surface area contributed by atoms with Crippen molar-refractivity contribution >= 4 is 67.3 Å². The van der Waals surface area contributed by atoms with Gasteiger partial charge in [-0.2, -0.15) is 0 Å². The summed E-state index contributed by atoms with van der Waals surface area (Å²) in [5.41, 5.74) is 8.06. The molecule has 0 atom stereocenters. The van der Waals surface area contributed by atoms with E-state index in [-0.39, 0.29) is 11.8 Å². The summed E-state index contributed by atoms with van der Waals surface area (Å²) < 4.78 is 0.857. The molecule has 182 valence electrons. The van der Waals surface area contributed by atoms with Gasteiger partial charge < -0.3 is 4.90 Å². The maximum Gasteiger partial charge on any atom is 0.272 e. The molecule has 0 spiro atoms. The first-order valence-electron chi connectivity index (χ1n) is 11.8. The topological polar surface area (TPSA) is 53.0 Å². The van der Waals surface area contributed by atoms with Crippen LogP contribution in [0.4, 0.5) is 17.1 Å². The van der Waals surface area contributed by atoms with Crippen LogP contribution in [0.5, 0.6) is 0 Å². The number of fused-ring (bicyclic) bond motifs is 1. The Morgan fingerprint density at radius 3 is 2.19 bits per heavy atom. The monoisotopic (exact) mass is 559 g/mol. The first kappa shape index (κ1) is 24.5. The van der Waals surface area contributed by atoms with Crippen LogP contribution in [0.15, 0.2) is 69.0 Å². The summed E-state index contributed by atoms with van der Waals surface area (Å²) in [5.74, 6) is -0.396. The van der Waals surface area contributed by atoms with Gasteiger partial charge in [-0.15, -0.1) is 0 Å². The van der Waals surface area contributed by atoms with Gasteiger partial charge in [0.15, 0.2) is 5.17 Å². The number of carbonyl (C=O) groups excluding carboxylic acids is 2. The molecule has 0 aliphatic carbocycles. The first-order chi connectivity index (χ1) is 17.2. The number of amides is 2. The van der Waals surface area contributed by atoms with Crippen LogP contribution >= 0.6 is 27.7 Å². The van der Waals surface area contributed by atoms with Gasteiger partial charge in [-0.3, -0.25) is 14.5 Å². The Labute approximate surface area is 224 Å². The van der Waals surface area contributed by atoms with Crippen molar-refractivity contribution in [3.05, 3.63) is 91.8 Å². The van der Waals surface area contributed by atoms with Crippen molar-refractivity contribution in [3.8, 4) is 0 Å². The molecule has 36 heavy (non-hydrogen) atoms. The highest BCUT2D eigenvalue weighted by Gasteiger charge is 2.43. The summed E-state index contributed by atoms with van der Waals surface area (Å²) in [6, 6.07) is 17.7. The number of benzene rings is 3. The van der Waals surface area contributed by atoms with Crippen LogP contribution < -0.4 is 9.80 Å². The van der Waals surface area contributed by atoms with Gasteiger partial charge >= 0.3 is 0 Å². The number of aliphatic imine (C=N–C) groups is 1. The molecule has 2 heterocycles. The van der Waals surface area contributed by atoms with Crippen molar-refractivity contribution in [3.63, 3.8) is 0 Å². The normalized spacial score (nSPS) is 18.6. The van der Waals surface area contributed by atoms with Gasteiger partial charge in [0.2, 0.25) is 0 Å². The molecule has 5 rings (SSSR count). The second-order valence-electron chi connectivity index (χ2n) is 9.09. The Morgan fingerprint density at radius 1 is 0.833 bits per heavy atom. The average molecular weight is 561 g/mol. The number of carbonyl (C=O) groups is 2. The molecule has 3 aromatic rings. The molecular weight excluding hydrogens is 534 g/mol. The minimum atomic E-state index is -0.238. The van der Waals surface area contributed by atoms with Crippen LogP contribution in [0, 0.1) is 27.7 Å².